The lowest BCUT2D eigenvalue weighted by Gasteiger charge is -2.06. The standard InChI is InChI=1S/C12H9ClN4S/c1-8-6-11(17-12(16-8)14-7-15-17)18-10-5-3-2-4-9(10)13/h2-7H,1H3. The number of fused-ring (bicyclic) bond motifs is 1. The molecular weight excluding hydrogens is 268 g/mol. The van der Waals surface area contributed by atoms with Gasteiger partial charge in [-0.1, -0.05) is 35.5 Å². The molecule has 1 aromatic carbocycles. The lowest BCUT2D eigenvalue weighted by Crippen LogP contribution is -1.97. The van der Waals surface area contributed by atoms with E-state index in [4.69, 9.17) is 11.6 Å². The van der Waals surface area contributed by atoms with Crippen LogP contribution in [0.25, 0.3) is 5.78 Å². The molecule has 90 valence electrons. The lowest BCUT2D eigenvalue weighted by molar-refractivity contribution is 0.833. The average molecular weight is 277 g/mol. The van der Waals surface area contributed by atoms with Crippen LogP contribution >= 0.6 is 23.4 Å². The van der Waals surface area contributed by atoms with Crippen LogP contribution in [0.2, 0.25) is 5.02 Å². The van der Waals surface area contributed by atoms with Gasteiger partial charge >= 0.3 is 0 Å². The van der Waals surface area contributed by atoms with Crippen LogP contribution in [0, 0.1) is 6.92 Å². The third kappa shape index (κ3) is 2.07. The third-order valence-corrected chi connectivity index (χ3v) is 3.92. The molecule has 2 heterocycles. The highest BCUT2D eigenvalue weighted by Crippen LogP contribution is 2.32. The van der Waals surface area contributed by atoms with Crippen molar-refractivity contribution in [3.05, 3.63) is 47.4 Å². The summed E-state index contributed by atoms with van der Waals surface area (Å²) < 4.78 is 1.71. The molecule has 0 spiro atoms. The van der Waals surface area contributed by atoms with Crippen molar-refractivity contribution in [1.29, 1.82) is 0 Å². The van der Waals surface area contributed by atoms with Crippen LogP contribution in [0.15, 0.2) is 46.6 Å². The summed E-state index contributed by atoms with van der Waals surface area (Å²) in [5.74, 6) is 0.601. The van der Waals surface area contributed by atoms with Crippen LogP contribution in [0.1, 0.15) is 5.69 Å². The van der Waals surface area contributed by atoms with Gasteiger partial charge in [-0.3, -0.25) is 0 Å². The molecule has 0 N–H and O–H groups in total. The topological polar surface area (TPSA) is 43.1 Å². The first-order valence-electron chi connectivity index (χ1n) is 5.34. The molecule has 0 aliphatic heterocycles. The Kier molecular flexibility index (Phi) is 2.93. The van der Waals surface area contributed by atoms with Gasteiger partial charge in [-0.15, -0.1) is 0 Å². The average Bonchev–Trinajstić information content (AvgIpc) is 2.80. The van der Waals surface area contributed by atoms with E-state index in [1.807, 2.05) is 37.3 Å². The molecule has 0 saturated carbocycles. The van der Waals surface area contributed by atoms with Crippen LogP contribution < -0.4 is 0 Å². The first-order valence-corrected chi connectivity index (χ1v) is 6.53. The molecule has 0 unspecified atom stereocenters. The highest BCUT2D eigenvalue weighted by atomic mass is 35.5. The van der Waals surface area contributed by atoms with Gasteiger partial charge in [0.25, 0.3) is 5.78 Å². The fourth-order valence-electron chi connectivity index (χ4n) is 1.61. The highest BCUT2D eigenvalue weighted by Gasteiger charge is 2.09. The molecule has 6 heteroatoms. The summed E-state index contributed by atoms with van der Waals surface area (Å²) >= 11 is 7.71. The van der Waals surface area contributed by atoms with Gasteiger partial charge in [0.1, 0.15) is 11.4 Å². The van der Waals surface area contributed by atoms with Crippen LogP contribution in [-0.4, -0.2) is 19.6 Å². The second kappa shape index (κ2) is 4.59. The number of benzene rings is 1. The summed E-state index contributed by atoms with van der Waals surface area (Å²) in [5.41, 5.74) is 0.907. The Hall–Kier alpha value is -1.59. The molecule has 0 radical (unpaired) electrons. The fourth-order valence-corrected chi connectivity index (χ4v) is 2.84. The minimum Gasteiger partial charge on any atom is -0.216 e. The zero-order valence-corrected chi connectivity index (χ0v) is 11.1. The zero-order chi connectivity index (χ0) is 12.5. The van der Waals surface area contributed by atoms with Gasteiger partial charge in [0.05, 0.1) is 5.02 Å². The molecule has 0 saturated heterocycles. The van der Waals surface area contributed by atoms with Gasteiger partial charge in [-0.25, -0.2) is 4.98 Å². The van der Waals surface area contributed by atoms with E-state index >= 15 is 0 Å². The van der Waals surface area contributed by atoms with E-state index in [1.54, 1.807) is 16.3 Å². The van der Waals surface area contributed by atoms with Crippen LogP contribution in [0.5, 0.6) is 0 Å². The predicted molar refractivity (Wildman–Crippen MR) is 71.1 cm³/mol. The number of nitrogens with zero attached hydrogens (tertiary/aromatic N) is 4. The van der Waals surface area contributed by atoms with Crippen molar-refractivity contribution in [2.24, 2.45) is 0 Å². The Morgan fingerprint density at radius 1 is 1.28 bits per heavy atom. The second-order valence-electron chi connectivity index (χ2n) is 3.74. The van der Waals surface area contributed by atoms with Crippen LogP contribution in [-0.2, 0) is 0 Å². The summed E-state index contributed by atoms with van der Waals surface area (Å²) in [7, 11) is 0. The van der Waals surface area contributed by atoms with Gasteiger partial charge in [-0.05, 0) is 25.1 Å². The second-order valence-corrected chi connectivity index (χ2v) is 5.21. The number of hydrogen-bond donors (Lipinski definition) is 0. The molecule has 3 aromatic rings. The minimum absolute atomic E-state index is 0.601. The molecule has 3 rings (SSSR count). The first-order chi connectivity index (χ1) is 8.74. The van der Waals surface area contributed by atoms with Gasteiger partial charge in [0.2, 0.25) is 0 Å². The number of halogens is 1. The molecule has 0 aliphatic rings. The monoisotopic (exact) mass is 276 g/mol. The van der Waals surface area contributed by atoms with Crippen molar-refractivity contribution < 1.29 is 0 Å². The lowest BCUT2D eigenvalue weighted by atomic mass is 10.4. The Balaban J connectivity index is 2.10. The van der Waals surface area contributed by atoms with E-state index in [0.717, 1.165) is 20.6 Å². The zero-order valence-electron chi connectivity index (χ0n) is 9.54. The highest BCUT2D eigenvalue weighted by molar-refractivity contribution is 7.99. The summed E-state index contributed by atoms with van der Waals surface area (Å²) in [4.78, 5) is 9.39. The number of aromatic nitrogens is 4. The van der Waals surface area contributed by atoms with Crippen LogP contribution in [0.4, 0.5) is 0 Å². The van der Waals surface area contributed by atoms with Crippen molar-refractivity contribution in [2.75, 3.05) is 0 Å². The summed E-state index contributed by atoms with van der Waals surface area (Å²) in [6.07, 6.45) is 1.50. The quantitative estimate of drug-likeness (QED) is 0.674. The fraction of sp³-hybridized carbons (Fsp3) is 0.0833. The van der Waals surface area contributed by atoms with Crippen molar-refractivity contribution >= 4 is 29.1 Å². The molecule has 0 amide bonds. The SMILES string of the molecule is Cc1cc(Sc2ccccc2Cl)n2ncnc2n1. The van der Waals surface area contributed by atoms with E-state index in [2.05, 4.69) is 15.1 Å². The molecule has 0 fully saturated rings. The molecule has 2 aromatic heterocycles. The number of rotatable bonds is 2. The normalized spacial score (nSPS) is 11.0. The van der Waals surface area contributed by atoms with Gasteiger partial charge in [-0.2, -0.15) is 14.6 Å². The maximum absolute atomic E-state index is 6.16. The van der Waals surface area contributed by atoms with Gasteiger partial charge in [0.15, 0.2) is 0 Å². The molecular formula is C12H9ClN4S. The minimum atomic E-state index is 0.601. The smallest absolute Gasteiger partial charge is 0.216 e. The molecule has 0 atom stereocenters. The van der Waals surface area contributed by atoms with E-state index < -0.39 is 0 Å². The Morgan fingerprint density at radius 3 is 2.94 bits per heavy atom. The molecule has 0 aliphatic carbocycles. The van der Waals surface area contributed by atoms with Crippen molar-refractivity contribution in [3.8, 4) is 0 Å². The number of hydrogen-bond acceptors (Lipinski definition) is 4. The summed E-state index contributed by atoms with van der Waals surface area (Å²) in [5, 5.41) is 5.84. The largest absolute Gasteiger partial charge is 0.253 e. The van der Waals surface area contributed by atoms with E-state index in [1.165, 1.54) is 6.33 Å². The van der Waals surface area contributed by atoms with Crippen molar-refractivity contribution in [3.63, 3.8) is 0 Å². The predicted octanol–water partition coefficient (Wildman–Crippen LogP) is 3.24. The van der Waals surface area contributed by atoms with Crippen LogP contribution in [0.3, 0.4) is 0 Å². The van der Waals surface area contributed by atoms with E-state index in [9.17, 15) is 0 Å². The Labute approximate surface area is 113 Å². The van der Waals surface area contributed by atoms with Gasteiger partial charge < -0.3 is 0 Å². The summed E-state index contributed by atoms with van der Waals surface area (Å²) in [6.45, 7) is 1.94. The summed E-state index contributed by atoms with van der Waals surface area (Å²) in [6, 6.07) is 9.69. The van der Waals surface area contributed by atoms with Crippen molar-refractivity contribution in [2.45, 2.75) is 16.8 Å². The number of aryl methyl sites for hydroxylation is 1. The Morgan fingerprint density at radius 2 is 2.11 bits per heavy atom. The maximum atomic E-state index is 6.16. The molecule has 18 heavy (non-hydrogen) atoms. The maximum Gasteiger partial charge on any atom is 0.253 e. The molecule has 0 bridgehead atoms. The Bertz CT molecular complexity index is 710. The molecule has 4 nitrogen and oxygen atoms in total. The first kappa shape index (κ1) is 11.5. The van der Waals surface area contributed by atoms with Crippen molar-refractivity contribution in [1.82, 2.24) is 19.6 Å². The van der Waals surface area contributed by atoms with E-state index in [-0.39, 0.29) is 0 Å². The third-order valence-electron chi connectivity index (χ3n) is 2.40. The van der Waals surface area contributed by atoms with E-state index in [0.29, 0.717) is 5.78 Å². The van der Waals surface area contributed by atoms with Gasteiger partial charge in [0, 0.05) is 10.6 Å².